The Kier molecular flexibility index (Phi) is 24.8. The fourth-order valence-electron chi connectivity index (χ4n) is 38.4. The number of rotatable bonds is 3. The summed E-state index contributed by atoms with van der Waals surface area (Å²) in [7, 11) is 5.64. The third-order valence-electron chi connectivity index (χ3n) is 44.5. The van der Waals surface area contributed by atoms with Crippen LogP contribution in [0.25, 0.3) is 0 Å². The summed E-state index contributed by atoms with van der Waals surface area (Å²) >= 11 is 0. The van der Waals surface area contributed by atoms with E-state index in [2.05, 4.69) is 99.6 Å². The molecule has 0 radical (unpaired) electrons. The van der Waals surface area contributed by atoms with Gasteiger partial charge in [0, 0.05) is 21.3 Å². The third kappa shape index (κ3) is 14.0. The van der Waals surface area contributed by atoms with Crippen molar-refractivity contribution in [3.05, 3.63) is 0 Å². The molecule has 658 valence electrons. The van der Waals surface area contributed by atoms with E-state index in [0.29, 0.717) is 135 Å². The number of hydrogen-bond acceptors (Lipinski definition) is 15. The minimum absolute atomic E-state index is 0.0205. The van der Waals surface area contributed by atoms with Crippen LogP contribution in [0.15, 0.2) is 0 Å². The number of hydrogen-bond donors (Lipinski definition) is 7. The summed E-state index contributed by atoms with van der Waals surface area (Å²) in [6.45, 7) is 23.9. The van der Waals surface area contributed by atoms with Gasteiger partial charge in [-0.15, -0.1) is 0 Å². The van der Waals surface area contributed by atoms with E-state index in [4.69, 9.17) is 14.2 Å². The van der Waals surface area contributed by atoms with Crippen LogP contribution in [-0.2, 0) is 14.2 Å². The topological polar surface area (TPSA) is 288 Å². The van der Waals surface area contributed by atoms with Gasteiger partial charge in [0.1, 0.15) is 0 Å². The van der Waals surface area contributed by atoms with Crippen molar-refractivity contribution in [2.45, 2.75) is 387 Å². The van der Waals surface area contributed by atoms with E-state index in [0.717, 1.165) is 161 Å². The van der Waals surface area contributed by atoms with Gasteiger partial charge in [0.25, 0.3) is 0 Å². The maximum absolute atomic E-state index is 11.1. The molecule has 0 unspecified atom stereocenters. The number of nitriles is 5. The molecule has 0 heterocycles. The first-order valence-corrected chi connectivity index (χ1v) is 49.4. The lowest BCUT2D eigenvalue weighted by molar-refractivity contribution is -0.183. The quantitative estimate of drug-likeness (QED) is 0.138. The van der Waals surface area contributed by atoms with Crippen molar-refractivity contribution in [3.8, 4) is 30.3 Å². The van der Waals surface area contributed by atoms with E-state index in [9.17, 15) is 62.1 Å². The molecule has 0 amide bonds. The van der Waals surface area contributed by atoms with Crippen molar-refractivity contribution >= 4 is 0 Å². The number of fused-ring (bicyclic) bond motifs is 25. The van der Waals surface area contributed by atoms with Gasteiger partial charge in [-0.3, -0.25) is 0 Å². The number of aliphatic hydroxyl groups is 7. The molecule has 118 heavy (non-hydrogen) atoms. The molecule has 45 atom stereocenters. The lowest BCUT2D eigenvalue weighted by atomic mass is 9.44. The van der Waals surface area contributed by atoms with E-state index in [-0.39, 0.29) is 129 Å². The molecular weight excluding hydrogens is 1470 g/mol. The van der Waals surface area contributed by atoms with E-state index < -0.39 is 0 Å². The number of methoxy groups -OCH3 is 3. The molecule has 0 saturated heterocycles. The van der Waals surface area contributed by atoms with Crippen LogP contribution in [0.2, 0.25) is 0 Å². The normalized spacial score (nSPS) is 57.5. The summed E-state index contributed by atoms with van der Waals surface area (Å²) in [6.07, 6.45) is 43.2. The zero-order valence-corrected chi connectivity index (χ0v) is 75.6. The summed E-state index contributed by atoms with van der Waals surface area (Å²) in [5.74, 6) is 13.2. The third-order valence-corrected chi connectivity index (χ3v) is 44.5. The van der Waals surface area contributed by atoms with Gasteiger partial charge in [0.2, 0.25) is 0 Å². The summed E-state index contributed by atoms with van der Waals surface area (Å²) in [5.41, 5.74) is 1.80. The highest BCUT2D eigenvalue weighted by atomic mass is 16.5. The average molecular weight is 1630 g/mol. The molecule has 0 bridgehead atoms. The molecule has 15 nitrogen and oxygen atoms in total. The lowest BCUT2D eigenvalue weighted by Gasteiger charge is -2.62. The fraction of sp³-hybridized carbons (Fsp3) is 0.951. The maximum Gasteiger partial charge on any atom is 0.0661 e. The van der Waals surface area contributed by atoms with Crippen LogP contribution in [-0.4, -0.2) is 118 Å². The molecular formula is C103H161N5O10. The second-order valence-corrected chi connectivity index (χ2v) is 48.3. The van der Waals surface area contributed by atoms with Gasteiger partial charge in [-0.05, 0) is 429 Å². The number of aliphatic hydroxyl groups excluding tert-OH is 7. The number of nitrogens with zero attached hydrogens (tertiary/aromatic N) is 5. The molecule has 15 heteroatoms. The second kappa shape index (κ2) is 33.0. The van der Waals surface area contributed by atoms with E-state index >= 15 is 0 Å². The summed E-state index contributed by atoms with van der Waals surface area (Å²) in [5, 5.41) is 121. The van der Waals surface area contributed by atoms with Crippen LogP contribution in [0.1, 0.15) is 326 Å². The molecule has 0 aromatic rings. The summed E-state index contributed by atoms with van der Waals surface area (Å²) in [4.78, 5) is 0. The Bertz CT molecular complexity index is 3470. The minimum Gasteiger partial charge on any atom is -0.393 e. The van der Waals surface area contributed by atoms with Gasteiger partial charge in [-0.2, -0.15) is 26.3 Å². The van der Waals surface area contributed by atoms with E-state index in [1.165, 1.54) is 96.3 Å². The van der Waals surface area contributed by atoms with Crippen molar-refractivity contribution in [2.75, 3.05) is 21.3 Å². The highest BCUT2D eigenvalue weighted by Gasteiger charge is 2.70. The van der Waals surface area contributed by atoms with Crippen molar-refractivity contribution in [3.63, 3.8) is 0 Å². The zero-order chi connectivity index (χ0) is 84.1. The Morgan fingerprint density at radius 3 is 0.610 bits per heavy atom. The van der Waals surface area contributed by atoms with Gasteiger partial charge in [0.05, 0.1) is 121 Å². The average Bonchev–Trinajstić information content (AvgIpc) is 1.38. The first-order chi connectivity index (χ1) is 56.1. The summed E-state index contributed by atoms with van der Waals surface area (Å²) < 4.78 is 18.3. The Morgan fingerprint density at radius 1 is 0.229 bits per heavy atom. The molecule has 7 N–H and O–H groups in total. The van der Waals surface area contributed by atoms with Crippen molar-refractivity contribution in [1.82, 2.24) is 0 Å². The van der Waals surface area contributed by atoms with Gasteiger partial charge in [-0.25, -0.2) is 0 Å². The highest BCUT2D eigenvalue weighted by Crippen LogP contribution is 2.75. The van der Waals surface area contributed by atoms with Crippen LogP contribution < -0.4 is 0 Å². The van der Waals surface area contributed by atoms with Gasteiger partial charge < -0.3 is 50.0 Å². The first-order valence-electron chi connectivity index (χ1n) is 49.4. The van der Waals surface area contributed by atoms with Crippen LogP contribution in [0.4, 0.5) is 0 Å². The maximum atomic E-state index is 11.1. The minimum atomic E-state index is -0.266. The van der Waals surface area contributed by atoms with Gasteiger partial charge >= 0.3 is 0 Å². The van der Waals surface area contributed by atoms with Crippen LogP contribution >= 0.6 is 0 Å². The standard InChI is InChI=1S/3C21H33NO2.2C20H31NO2/c3*1-20-9-8-15(23)10-13(20)4-6-16-17-7-5-14(12-22)21(17,2)11-18(24-3)19(16)20;2*1-19-8-7-14(22)9-12(19)3-5-15-16-6-4-13(11-21)20(16,2)10-17(23)18(15)19/h3*13-19,23H,4-11H2,1-3H3;2*12-18,22-23H,3-10H2,1-2H3/t13-,14+,15+,16-,17-,18+,19+,20-,21+;13-,14+,15+,16-,17-,18-,19+,20-,21+;13-,14-,15-,16+,17+,18+,19-,20+,21-;12-,13+,14+,15-,16-,17+,18+,19-,20+;12-,13-,14+,15-,16-,17+,18+,19-,20+/m00100/s1. The highest BCUT2D eigenvalue weighted by molar-refractivity contribution is 5.22. The van der Waals surface area contributed by atoms with E-state index in [1.807, 2.05) is 21.3 Å². The number of ether oxygens (including phenoxy) is 3. The molecule has 20 fully saturated rings. The molecule has 0 aliphatic heterocycles. The molecule has 20 rings (SSSR count). The Hall–Kier alpha value is -2.95. The summed E-state index contributed by atoms with van der Waals surface area (Å²) in [6, 6.07) is 13.0. The smallest absolute Gasteiger partial charge is 0.0661 e. The SMILES string of the molecule is CO[C@@H]1C[C@]2(C)[C@@H](C#N)CC[C@H]2[C@@H]2CC[C@H]3C[C@H](O)CC[C@]3(C)[C@H]21.CO[C@H]1C[C@]2(C)[C@@H](C#N)CC[C@H]2[C@@H]2CC[C@@H]3C[C@H](O)CC[C@]3(C)[C@H]21.CO[C@H]1C[C@]2(C)[C@@H](C#N)CC[C@H]2[C@@H]2CC[C@H]3C[C@H](O)CC[C@]3(C)[C@H]21.C[C@]12CC[C@@H](O)C[C@@H]1CC[C@@H]1[C@@H]2[C@H](O)C[C@]2(C)[C@@H](C#N)CC[C@@H]12.C[C@]12CC[C@@H](O)C[C@@H]1CC[C@@H]1[C@@H]2[C@H](O)C[C@]2(C)[C@H](C#N)CC[C@@H]12. The van der Waals surface area contributed by atoms with Crippen LogP contribution in [0, 0.1) is 259 Å². The predicted molar refractivity (Wildman–Crippen MR) is 456 cm³/mol. The van der Waals surface area contributed by atoms with Gasteiger partial charge in [0.15, 0.2) is 0 Å². The molecule has 20 saturated carbocycles. The predicted octanol–water partition coefficient (Wildman–Crippen LogP) is 19.5. The monoisotopic (exact) mass is 1630 g/mol. The van der Waals surface area contributed by atoms with E-state index in [1.54, 1.807) is 0 Å². The molecule has 20 aliphatic rings. The van der Waals surface area contributed by atoms with Crippen molar-refractivity contribution in [2.24, 2.45) is 202 Å². The molecule has 0 aromatic carbocycles. The van der Waals surface area contributed by atoms with Crippen LogP contribution in [0.3, 0.4) is 0 Å². The zero-order valence-electron chi connectivity index (χ0n) is 75.6. The van der Waals surface area contributed by atoms with Gasteiger partial charge in [-0.1, -0.05) is 69.2 Å². The largest absolute Gasteiger partial charge is 0.393 e. The molecule has 0 aromatic heterocycles. The fourth-order valence-corrected chi connectivity index (χ4v) is 38.4. The van der Waals surface area contributed by atoms with Crippen LogP contribution in [0.5, 0.6) is 0 Å². The Labute approximate surface area is 713 Å². The molecule has 20 aliphatic carbocycles. The Balaban J connectivity index is 0.000000110. The second-order valence-electron chi connectivity index (χ2n) is 48.3. The lowest BCUT2D eigenvalue weighted by Crippen LogP contribution is -2.59. The molecule has 0 spiro atoms. The van der Waals surface area contributed by atoms with Crippen molar-refractivity contribution < 1.29 is 50.0 Å². The first kappa shape index (κ1) is 88.5. The van der Waals surface area contributed by atoms with Crippen molar-refractivity contribution in [1.29, 1.82) is 26.3 Å². The Morgan fingerprint density at radius 2 is 0.415 bits per heavy atom.